The van der Waals surface area contributed by atoms with Crippen LogP contribution in [0, 0.1) is 0 Å². The van der Waals surface area contributed by atoms with Gasteiger partial charge >= 0.3 is 0 Å². The molecule has 0 bridgehead atoms. The van der Waals surface area contributed by atoms with Crippen LogP contribution < -0.4 is 44.2 Å². The van der Waals surface area contributed by atoms with Crippen molar-refractivity contribution in [3.05, 3.63) is 0 Å². The van der Waals surface area contributed by atoms with Gasteiger partial charge in [0.2, 0.25) is 0 Å². The number of unbranched alkanes of at least 4 members (excludes halogenated alkanes) is 1. The number of nitrogens with two attached hydrogens (primary N) is 4. The van der Waals surface area contributed by atoms with E-state index < -0.39 is 0 Å². The normalized spacial score (nSPS) is 11.8. The summed E-state index contributed by atoms with van der Waals surface area (Å²) in [6, 6.07) is 0. The lowest BCUT2D eigenvalue weighted by atomic mass is 10.2. The number of hydrogen-bond donors (Lipinski definition) is 8. The lowest BCUT2D eigenvalue weighted by Gasteiger charge is -2.25. The summed E-state index contributed by atoms with van der Waals surface area (Å²) in [5, 5.41) is 14.1. The Bertz CT molecular complexity index is 360. The summed E-state index contributed by atoms with van der Waals surface area (Å²) in [7, 11) is 0. The first kappa shape index (κ1) is 37.6. The van der Waals surface area contributed by atoms with Crippen molar-refractivity contribution in [2.75, 3.05) is 118 Å². The molecule has 0 fully saturated rings. The van der Waals surface area contributed by atoms with Crippen molar-refractivity contribution < 1.29 is 0 Å². The molecule has 0 radical (unpaired) electrons. The molecule has 0 aromatic carbocycles. The smallest absolute Gasteiger partial charge is 0.000663 e. The van der Waals surface area contributed by atoms with Crippen LogP contribution in [0.15, 0.2) is 0 Å². The molecule has 10 nitrogen and oxygen atoms in total. The third-order valence-electron chi connectivity index (χ3n) is 6.74. The second-order valence-electron chi connectivity index (χ2n) is 10.4. The van der Waals surface area contributed by atoms with Crippen LogP contribution in [-0.4, -0.2) is 128 Å². The Kier molecular flexibility index (Phi) is 32.5. The van der Waals surface area contributed by atoms with Crippen molar-refractivity contribution in [2.45, 2.75) is 64.2 Å². The van der Waals surface area contributed by atoms with E-state index in [1.807, 2.05) is 0 Å². The minimum absolute atomic E-state index is 0.767. The highest BCUT2D eigenvalue weighted by molar-refractivity contribution is 4.65. The highest BCUT2D eigenvalue weighted by Gasteiger charge is 2.08. The van der Waals surface area contributed by atoms with Crippen LogP contribution in [0.1, 0.15) is 64.2 Å². The first-order chi connectivity index (χ1) is 18.8. The first-order valence-electron chi connectivity index (χ1n) is 15.9. The van der Waals surface area contributed by atoms with Crippen LogP contribution in [0.3, 0.4) is 0 Å². The maximum atomic E-state index is 5.60. The second-order valence-corrected chi connectivity index (χ2v) is 10.4. The Balaban J connectivity index is 4.36. The van der Waals surface area contributed by atoms with Crippen molar-refractivity contribution in [1.82, 2.24) is 31.1 Å². The van der Waals surface area contributed by atoms with Crippen LogP contribution >= 0.6 is 0 Å². The third-order valence-corrected chi connectivity index (χ3v) is 6.74. The number of rotatable bonds is 33. The van der Waals surface area contributed by atoms with Gasteiger partial charge in [0.25, 0.3) is 0 Å². The van der Waals surface area contributed by atoms with Gasteiger partial charge in [-0.25, -0.2) is 0 Å². The van der Waals surface area contributed by atoms with Gasteiger partial charge in [-0.2, -0.15) is 0 Å². The summed E-state index contributed by atoms with van der Waals surface area (Å²) in [4.78, 5) is 5.34. The second kappa shape index (κ2) is 32.8. The van der Waals surface area contributed by atoms with Gasteiger partial charge in [-0.3, -0.25) is 0 Å². The zero-order valence-electron chi connectivity index (χ0n) is 25.0. The molecule has 12 N–H and O–H groups in total. The van der Waals surface area contributed by atoms with Crippen LogP contribution in [0.4, 0.5) is 0 Å². The molecule has 230 valence electrons. The minimum atomic E-state index is 0.767. The summed E-state index contributed by atoms with van der Waals surface area (Å²) in [6.45, 7) is 18.6. The summed E-state index contributed by atoms with van der Waals surface area (Å²) < 4.78 is 0. The molecule has 38 heavy (non-hydrogen) atoms. The molecule has 10 heteroatoms. The maximum absolute atomic E-state index is 5.60. The molecule has 0 atom stereocenters. The van der Waals surface area contributed by atoms with Gasteiger partial charge < -0.3 is 54.0 Å². The van der Waals surface area contributed by atoms with Crippen LogP contribution in [0.2, 0.25) is 0 Å². The van der Waals surface area contributed by atoms with E-state index in [0.29, 0.717) is 0 Å². The van der Waals surface area contributed by atoms with Crippen molar-refractivity contribution >= 4 is 0 Å². The molecule has 0 rings (SSSR count). The SMILES string of the molecule is NCCCNCCCN(CCCCN(CCCNCCCN)CCCNCCCN)CCCNCCCN. The predicted molar refractivity (Wildman–Crippen MR) is 167 cm³/mol. The van der Waals surface area contributed by atoms with E-state index in [0.717, 1.165) is 104 Å². The third kappa shape index (κ3) is 28.6. The molecular weight excluding hydrogens is 476 g/mol. The molecule has 0 saturated carbocycles. The van der Waals surface area contributed by atoms with Gasteiger partial charge in [0.05, 0.1) is 0 Å². The standard InChI is InChI=1S/C28H68N10/c29-11-3-15-33-19-7-25-37(26-8-20-34-16-4-12-30)23-1-2-24-38(27-9-21-35-17-5-13-31)28-10-22-36-18-6-14-32/h33-36H,1-32H2. The summed E-state index contributed by atoms with van der Waals surface area (Å²) in [6.07, 6.45) is 11.6. The molecule has 0 saturated heterocycles. The summed E-state index contributed by atoms with van der Waals surface area (Å²) in [5.41, 5.74) is 22.4. The van der Waals surface area contributed by atoms with Gasteiger partial charge in [0, 0.05) is 0 Å². The van der Waals surface area contributed by atoms with E-state index in [9.17, 15) is 0 Å². The lowest BCUT2D eigenvalue weighted by Crippen LogP contribution is -2.34. The van der Waals surface area contributed by atoms with Gasteiger partial charge in [-0.1, -0.05) is 0 Å². The number of hydrogen-bond acceptors (Lipinski definition) is 10. The van der Waals surface area contributed by atoms with Crippen molar-refractivity contribution in [1.29, 1.82) is 0 Å². The number of nitrogens with one attached hydrogen (secondary N) is 4. The van der Waals surface area contributed by atoms with Gasteiger partial charge in [0.15, 0.2) is 0 Å². The zero-order chi connectivity index (χ0) is 27.8. The monoisotopic (exact) mass is 545 g/mol. The van der Waals surface area contributed by atoms with Gasteiger partial charge in [-0.15, -0.1) is 0 Å². The van der Waals surface area contributed by atoms with Crippen LogP contribution in [-0.2, 0) is 0 Å². The van der Waals surface area contributed by atoms with Crippen molar-refractivity contribution in [2.24, 2.45) is 22.9 Å². The largest absolute Gasteiger partial charge is 0.330 e. The average Bonchev–Trinajstić information content (AvgIpc) is 2.93. The van der Waals surface area contributed by atoms with E-state index in [1.54, 1.807) is 0 Å². The van der Waals surface area contributed by atoms with E-state index in [4.69, 9.17) is 22.9 Å². The van der Waals surface area contributed by atoms with Crippen LogP contribution in [0.5, 0.6) is 0 Å². The Hall–Kier alpha value is -0.400. The Morgan fingerprint density at radius 3 is 0.737 bits per heavy atom. The van der Waals surface area contributed by atoms with E-state index in [-0.39, 0.29) is 0 Å². The summed E-state index contributed by atoms with van der Waals surface area (Å²) >= 11 is 0. The van der Waals surface area contributed by atoms with Crippen molar-refractivity contribution in [3.63, 3.8) is 0 Å². The molecule has 0 aliphatic heterocycles. The fourth-order valence-corrected chi connectivity index (χ4v) is 4.46. The first-order valence-corrected chi connectivity index (χ1v) is 15.9. The Labute approximate surface area is 236 Å². The molecule has 0 amide bonds. The lowest BCUT2D eigenvalue weighted by molar-refractivity contribution is 0.233. The zero-order valence-corrected chi connectivity index (χ0v) is 25.0. The van der Waals surface area contributed by atoms with Gasteiger partial charge in [-0.05, 0) is 182 Å². The molecule has 0 spiro atoms. The summed E-state index contributed by atoms with van der Waals surface area (Å²) in [5.74, 6) is 0. The maximum Gasteiger partial charge on any atom is -0.000663 e. The Morgan fingerprint density at radius 2 is 0.500 bits per heavy atom. The topological polar surface area (TPSA) is 159 Å². The Morgan fingerprint density at radius 1 is 0.289 bits per heavy atom. The average molecular weight is 545 g/mol. The number of nitrogens with zero attached hydrogens (tertiary/aromatic N) is 2. The molecule has 0 heterocycles. The quantitative estimate of drug-likeness (QED) is 0.0515. The molecule has 0 unspecified atom stereocenters. The molecule has 0 aliphatic rings. The molecule has 0 aromatic heterocycles. The van der Waals surface area contributed by atoms with Gasteiger partial charge in [0.1, 0.15) is 0 Å². The van der Waals surface area contributed by atoms with E-state index in [1.165, 1.54) is 77.8 Å². The highest BCUT2D eigenvalue weighted by Crippen LogP contribution is 2.03. The fourth-order valence-electron chi connectivity index (χ4n) is 4.46. The highest BCUT2D eigenvalue weighted by atomic mass is 15.1. The van der Waals surface area contributed by atoms with Crippen molar-refractivity contribution in [3.8, 4) is 0 Å². The van der Waals surface area contributed by atoms with E-state index >= 15 is 0 Å². The minimum Gasteiger partial charge on any atom is -0.330 e. The molecular formula is C28H68N10. The molecule has 0 aliphatic carbocycles. The molecule has 0 aromatic rings. The predicted octanol–water partition coefficient (Wildman–Crippen LogP) is -0.315. The van der Waals surface area contributed by atoms with E-state index in [2.05, 4.69) is 31.1 Å². The van der Waals surface area contributed by atoms with Crippen LogP contribution in [0.25, 0.3) is 0 Å². The fraction of sp³-hybridized carbons (Fsp3) is 1.00.